The lowest BCUT2D eigenvalue weighted by Crippen LogP contribution is -2.10. The third kappa shape index (κ3) is 3.73. The predicted octanol–water partition coefficient (Wildman–Crippen LogP) is 2.11. The minimum atomic E-state index is -0.822. The van der Waals surface area contributed by atoms with Gasteiger partial charge in [-0.25, -0.2) is 9.67 Å². The fourth-order valence-electron chi connectivity index (χ4n) is 2.41. The van der Waals surface area contributed by atoms with Gasteiger partial charge in [0.1, 0.15) is 0 Å². The molecule has 0 saturated heterocycles. The van der Waals surface area contributed by atoms with Crippen molar-refractivity contribution in [2.75, 3.05) is 5.75 Å². The van der Waals surface area contributed by atoms with Gasteiger partial charge in [-0.1, -0.05) is 43.9 Å². The SMILES string of the molecule is Cn1nc(CC2CCCCC2)nc1SCC(=O)O. The molecule has 18 heavy (non-hydrogen) atoms. The molecule has 1 aromatic rings. The highest BCUT2D eigenvalue weighted by atomic mass is 32.2. The summed E-state index contributed by atoms with van der Waals surface area (Å²) >= 11 is 1.23. The molecule has 1 saturated carbocycles. The molecule has 2 rings (SSSR count). The maximum absolute atomic E-state index is 10.5. The van der Waals surface area contributed by atoms with Crippen molar-refractivity contribution in [1.29, 1.82) is 0 Å². The predicted molar refractivity (Wildman–Crippen MR) is 69.6 cm³/mol. The molecule has 0 radical (unpaired) electrons. The Bertz CT molecular complexity index is 413. The number of carbonyl (C=O) groups is 1. The summed E-state index contributed by atoms with van der Waals surface area (Å²) in [4.78, 5) is 15.0. The summed E-state index contributed by atoms with van der Waals surface area (Å²) in [6.45, 7) is 0. The van der Waals surface area contributed by atoms with E-state index in [1.807, 2.05) is 7.05 Å². The number of rotatable bonds is 5. The summed E-state index contributed by atoms with van der Waals surface area (Å²) in [6.07, 6.45) is 7.47. The zero-order valence-electron chi connectivity index (χ0n) is 10.6. The Morgan fingerprint density at radius 1 is 1.44 bits per heavy atom. The summed E-state index contributed by atoms with van der Waals surface area (Å²) in [7, 11) is 1.82. The van der Waals surface area contributed by atoms with E-state index < -0.39 is 5.97 Å². The second-order valence-electron chi connectivity index (χ2n) is 4.82. The molecule has 0 unspecified atom stereocenters. The quantitative estimate of drug-likeness (QED) is 0.829. The van der Waals surface area contributed by atoms with Gasteiger partial charge in [0, 0.05) is 13.5 Å². The Kier molecular flexibility index (Phi) is 4.63. The molecule has 1 fully saturated rings. The monoisotopic (exact) mass is 269 g/mol. The molecule has 0 bridgehead atoms. The van der Waals surface area contributed by atoms with Crippen LogP contribution in [-0.2, 0) is 18.3 Å². The van der Waals surface area contributed by atoms with Crippen LogP contribution < -0.4 is 0 Å². The van der Waals surface area contributed by atoms with Crippen LogP contribution in [0.3, 0.4) is 0 Å². The molecule has 0 amide bonds. The third-order valence-corrected chi connectivity index (χ3v) is 4.29. The molecule has 100 valence electrons. The van der Waals surface area contributed by atoms with Gasteiger partial charge >= 0.3 is 5.97 Å². The van der Waals surface area contributed by atoms with Crippen LogP contribution in [0.1, 0.15) is 37.9 Å². The number of thioether (sulfide) groups is 1. The van der Waals surface area contributed by atoms with Crippen molar-refractivity contribution in [2.45, 2.75) is 43.7 Å². The molecular weight excluding hydrogens is 250 g/mol. The summed E-state index contributed by atoms with van der Waals surface area (Å²) in [6, 6.07) is 0. The maximum atomic E-state index is 10.5. The molecule has 0 aromatic carbocycles. The van der Waals surface area contributed by atoms with Crippen molar-refractivity contribution in [1.82, 2.24) is 14.8 Å². The molecule has 1 heterocycles. The highest BCUT2D eigenvalue weighted by Crippen LogP contribution is 2.26. The van der Waals surface area contributed by atoms with E-state index in [1.165, 1.54) is 43.9 Å². The highest BCUT2D eigenvalue weighted by Gasteiger charge is 2.17. The fraction of sp³-hybridized carbons (Fsp3) is 0.750. The van der Waals surface area contributed by atoms with Crippen LogP contribution >= 0.6 is 11.8 Å². The van der Waals surface area contributed by atoms with Crippen LogP contribution in [0.25, 0.3) is 0 Å². The van der Waals surface area contributed by atoms with Gasteiger partial charge in [-0.05, 0) is 5.92 Å². The summed E-state index contributed by atoms with van der Waals surface area (Å²) in [5.41, 5.74) is 0. The number of hydrogen-bond donors (Lipinski definition) is 1. The smallest absolute Gasteiger partial charge is 0.313 e. The number of carboxylic acid groups (broad SMARTS) is 1. The second-order valence-corrected chi connectivity index (χ2v) is 5.77. The highest BCUT2D eigenvalue weighted by molar-refractivity contribution is 7.99. The number of aromatic nitrogens is 3. The summed E-state index contributed by atoms with van der Waals surface area (Å²) in [5.74, 6) is 0.780. The van der Waals surface area contributed by atoms with E-state index in [0.29, 0.717) is 11.1 Å². The Labute approximate surface area is 111 Å². The van der Waals surface area contributed by atoms with Gasteiger partial charge in [0.2, 0.25) is 0 Å². The Morgan fingerprint density at radius 2 is 2.17 bits per heavy atom. The number of hydrogen-bond acceptors (Lipinski definition) is 4. The lowest BCUT2D eigenvalue weighted by atomic mass is 9.87. The number of aliphatic carboxylic acids is 1. The first-order chi connectivity index (χ1) is 8.65. The van der Waals surface area contributed by atoms with Crippen molar-refractivity contribution in [3.63, 3.8) is 0 Å². The van der Waals surface area contributed by atoms with Gasteiger partial charge in [-0.15, -0.1) is 0 Å². The van der Waals surface area contributed by atoms with Crippen LogP contribution in [0.2, 0.25) is 0 Å². The molecule has 1 N–H and O–H groups in total. The van der Waals surface area contributed by atoms with E-state index in [-0.39, 0.29) is 5.75 Å². The van der Waals surface area contributed by atoms with Gasteiger partial charge < -0.3 is 5.11 Å². The molecular formula is C12H19N3O2S. The first-order valence-electron chi connectivity index (χ1n) is 6.39. The van der Waals surface area contributed by atoms with Crippen LogP contribution in [0, 0.1) is 5.92 Å². The van der Waals surface area contributed by atoms with Gasteiger partial charge in [-0.3, -0.25) is 4.79 Å². The van der Waals surface area contributed by atoms with Gasteiger partial charge in [0.25, 0.3) is 0 Å². The third-order valence-electron chi connectivity index (χ3n) is 3.29. The van der Waals surface area contributed by atoms with Crippen molar-refractivity contribution >= 4 is 17.7 Å². The van der Waals surface area contributed by atoms with E-state index >= 15 is 0 Å². The minimum absolute atomic E-state index is 0.0371. The van der Waals surface area contributed by atoms with E-state index in [4.69, 9.17) is 5.11 Å². The molecule has 6 heteroatoms. The normalized spacial score (nSPS) is 16.9. The van der Waals surface area contributed by atoms with Gasteiger partial charge in [0.15, 0.2) is 11.0 Å². The average molecular weight is 269 g/mol. The molecule has 1 aliphatic carbocycles. The zero-order chi connectivity index (χ0) is 13.0. The largest absolute Gasteiger partial charge is 0.481 e. The lowest BCUT2D eigenvalue weighted by Gasteiger charge is -2.19. The average Bonchev–Trinajstić information content (AvgIpc) is 2.68. The number of aryl methyl sites for hydroxylation is 1. The van der Waals surface area contributed by atoms with Gasteiger partial charge in [0.05, 0.1) is 5.75 Å². The first kappa shape index (κ1) is 13.4. The molecule has 5 nitrogen and oxygen atoms in total. The van der Waals surface area contributed by atoms with E-state index in [0.717, 1.165) is 12.2 Å². The van der Waals surface area contributed by atoms with E-state index in [2.05, 4.69) is 10.1 Å². The number of nitrogens with zero attached hydrogens (tertiary/aromatic N) is 3. The lowest BCUT2D eigenvalue weighted by molar-refractivity contribution is -0.133. The molecule has 1 aliphatic rings. The summed E-state index contributed by atoms with van der Waals surface area (Å²) in [5, 5.41) is 13.7. The van der Waals surface area contributed by atoms with Crippen molar-refractivity contribution < 1.29 is 9.90 Å². The molecule has 0 spiro atoms. The fourth-order valence-corrected chi connectivity index (χ4v) is 3.06. The second kappa shape index (κ2) is 6.22. The van der Waals surface area contributed by atoms with Crippen LogP contribution in [0.15, 0.2) is 5.16 Å². The minimum Gasteiger partial charge on any atom is -0.481 e. The Hall–Kier alpha value is -1.04. The van der Waals surface area contributed by atoms with Crippen molar-refractivity contribution in [3.05, 3.63) is 5.82 Å². The van der Waals surface area contributed by atoms with Crippen LogP contribution in [0.5, 0.6) is 0 Å². The number of carboxylic acids is 1. The zero-order valence-corrected chi connectivity index (χ0v) is 11.4. The Balaban J connectivity index is 1.92. The molecule has 0 aliphatic heterocycles. The maximum Gasteiger partial charge on any atom is 0.313 e. The topological polar surface area (TPSA) is 68.0 Å². The first-order valence-corrected chi connectivity index (χ1v) is 7.38. The van der Waals surface area contributed by atoms with E-state index in [1.54, 1.807) is 4.68 Å². The van der Waals surface area contributed by atoms with Crippen LogP contribution in [-0.4, -0.2) is 31.6 Å². The molecule has 1 aromatic heterocycles. The van der Waals surface area contributed by atoms with Crippen molar-refractivity contribution in [2.24, 2.45) is 13.0 Å². The van der Waals surface area contributed by atoms with Crippen LogP contribution in [0.4, 0.5) is 0 Å². The summed E-state index contributed by atoms with van der Waals surface area (Å²) < 4.78 is 1.69. The van der Waals surface area contributed by atoms with Crippen molar-refractivity contribution in [3.8, 4) is 0 Å². The standard InChI is InChI=1S/C12H19N3O2S/c1-15-12(18-8-11(16)17)13-10(14-15)7-9-5-3-2-4-6-9/h9H,2-8H2,1H3,(H,16,17). The molecule has 0 atom stereocenters. The van der Waals surface area contributed by atoms with E-state index in [9.17, 15) is 4.79 Å². The van der Waals surface area contributed by atoms with Gasteiger partial charge in [-0.2, -0.15) is 5.10 Å². The Morgan fingerprint density at radius 3 is 2.83 bits per heavy atom.